The Morgan fingerprint density at radius 1 is 0.409 bits per heavy atom. The molecule has 1 atom stereocenters. The second-order valence-corrected chi connectivity index (χ2v) is 14.8. The fraction of sp³-hybridized carbons (Fsp3) is 1.00. The van der Waals surface area contributed by atoms with Gasteiger partial charge in [0, 0.05) is 0 Å². The SMILES string of the molecule is CCCCCCCCCCCCCCCCCCCCCC(CCCCCCCCCCCCCCC)COS(=O)(=O)[O-].[K+]. The molecule has 0 radical (unpaired) electrons. The van der Waals surface area contributed by atoms with Gasteiger partial charge in [-0.2, -0.15) is 0 Å². The maximum absolute atomic E-state index is 11.0. The topological polar surface area (TPSA) is 66.4 Å². The minimum atomic E-state index is -4.59. The van der Waals surface area contributed by atoms with E-state index >= 15 is 0 Å². The van der Waals surface area contributed by atoms with Gasteiger partial charge in [0.2, 0.25) is 10.4 Å². The van der Waals surface area contributed by atoms with Crippen LogP contribution >= 0.6 is 0 Å². The van der Waals surface area contributed by atoms with Gasteiger partial charge >= 0.3 is 51.4 Å². The van der Waals surface area contributed by atoms with Crippen LogP contribution in [0.5, 0.6) is 0 Å². The van der Waals surface area contributed by atoms with E-state index in [1.807, 2.05) is 0 Å². The summed E-state index contributed by atoms with van der Waals surface area (Å²) in [7, 11) is -4.59. The molecule has 0 spiro atoms. The molecule has 0 aromatic heterocycles. The van der Waals surface area contributed by atoms with Crippen molar-refractivity contribution in [3.63, 3.8) is 0 Å². The van der Waals surface area contributed by atoms with Gasteiger partial charge in [0.25, 0.3) is 0 Å². The first-order chi connectivity index (χ1) is 21.0. The summed E-state index contributed by atoms with van der Waals surface area (Å²) in [5.74, 6) is 0.197. The van der Waals surface area contributed by atoms with Gasteiger partial charge in [0.15, 0.2) is 0 Å². The Bertz CT molecular complexity index is 628. The Balaban J connectivity index is 0. The van der Waals surface area contributed by atoms with Crippen LogP contribution in [-0.2, 0) is 14.6 Å². The quantitative estimate of drug-likeness (QED) is 0.0286. The van der Waals surface area contributed by atoms with Crippen LogP contribution in [0.3, 0.4) is 0 Å². The molecule has 0 bridgehead atoms. The molecule has 0 rings (SSSR count). The van der Waals surface area contributed by atoms with E-state index in [2.05, 4.69) is 18.0 Å². The third kappa shape index (κ3) is 41.5. The van der Waals surface area contributed by atoms with Crippen LogP contribution in [-0.4, -0.2) is 19.6 Å². The van der Waals surface area contributed by atoms with E-state index in [0.29, 0.717) is 0 Å². The number of rotatable bonds is 37. The standard InChI is InChI=1S/C38H78O4S.K/c1-3-5-7-9-11-13-15-17-18-19-20-21-22-24-26-28-30-32-34-36-38(37-42-43(39,40)41)35-33-31-29-27-25-23-16-14-12-10-8-6-4-2;/h38H,3-37H2,1-2H3,(H,39,40,41);/q;+1/p-1. The Kier molecular flexibility index (Phi) is 42.2. The first-order valence-corrected chi connectivity index (χ1v) is 20.9. The van der Waals surface area contributed by atoms with Crippen molar-refractivity contribution in [2.24, 2.45) is 5.92 Å². The van der Waals surface area contributed by atoms with Gasteiger partial charge in [-0.3, -0.25) is 4.18 Å². The molecule has 44 heavy (non-hydrogen) atoms. The van der Waals surface area contributed by atoms with Gasteiger partial charge in [-0.25, -0.2) is 8.42 Å². The van der Waals surface area contributed by atoms with Gasteiger partial charge < -0.3 is 4.55 Å². The monoisotopic (exact) mass is 669 g/mol. The first kappa shape index (κ1) is 47.6. The molecular weight excluding hydrogens is 592 g/mol. The van der Waals surface area contributed by atoms with Crippen LogP contribution < -0.4 is 51.4 Å². The zero-order chi connectivity index (χ0) is 31.5. The molecule has 0 amide bonds. The number of hydrogen-bond donors (Lipinski definition) is 0. The molecule has 6 heteroatoms. The molecule has 0 heterocycles. The molecule has 1 unspecified atom stereocenters. The summed E-state index contributed by atoms with van der Waals surface area (Å²) < 4.78 is 37.7. The molecule has 0 aromatic carbocycles. The molecule has 0 fully saturated rings. The van der Waals surface area contributed by atoms with Gasteiger partial charge in [-0.15, -0.1) is 0 Å². The molecule has 0 saturated heterocycles. The Labute approximate surface area is 320 Å². The summed E-state index contributed by atoms with van der Waals surface area (Å²) in [6, 6.07) is 0. The molecule has 0 aliphatic rings. The minimum absolute atomic E-state index is 0. The van der Waals surface area contributed by atoms with E-state index in [9.17, 15) is 13.0 Å². The summed E-state index contributed by atoms with van der Waals surface area (Å²) in [5.41, 5.74) is 0. The molecule has 4 nitrogen and oxygen atoms in total. The Hall–Kier alpha value is 1.51. The average Bonchev–Trinajstić information content (AvgIpc) is 2.98. The smallest absolute Gasteiger partial charge is 0.726 e. The maximum atomic E-state index is 11.0. The van der Waals surface area contributed by atoms with Crippen molar-refractivity contribution >= 4 is 10.4 Å². The Morgan fingerprint density at radius 3 is 0.818 bits per heavy atom. The summed E-state index contributed by atoms with van der Waals surface area (Å²) in [6.07, 6.45) is 45.4. The summed E-state index contributed by atoms with van der Waals surface area (Å²) >= 11 is 0. The molecule has 0 aliphatic heterocycles. The van der Waals surface area contributed by atoms with Crippen LogP contribution in [0.4, 0.5) is 0 Å². The molecular formula is C38H77KO4S. The molecule has 0 saturated carbocycles. The number of hydrogen-bond acceptors (Lipinski definition) is 4. The predicted octanol–water partition coefficient (Wildman–Crippen LogP) is 10.4. The summed E-state index contributed by atoms with van der Waals surface area (Å²) in [5, 5.41) is 0. The second-order valence-electron chi connectivity index (χ2n) is 13.7. The summed E-state index contributed by atoms with van der Waals surface area (Å²) in [6.45, 7) is 4.63. The largest absolute Gasteiger partial charge is 1.00 e. The first-order valence-electron chi connectivity index (χ1n) is 19.6. The normalized spacial score (nSPS) is 12.4. The van der Waals surface area contributed by atoms with Crippen LogP contribution in [0.2, 0.25) is 0 Å². The average molecular weight is 669 g/mol. The molecule has 0 aliphatic carbocycles. The number of unbranched alkanes of at least 4 members (excludes halogenated alkanes) is 30. The van der Waals surface area contributed by atoms with Crippen molar-refractivity contribution < 1.29 is 68.5 Å². The van der Waals surface area contributed by atoms with E-state index in [0.717, 1.165) is 25.7 Å². The van der Waals surface area contributed by atoms with Crippen LogP contribution in [0, 0.1) is 5.92 Å². The molecule has 0 aromatic rings. The van der Waals surface area contributed by atoms with Crippen LogP contribution in [0.1, 0.15) is 232 Å². The van der Waals surface area contributed by atoms with Crippen molar-refractivity contribution in [2.45, 2.75) is 232 Å². The minimum Gasteiger partial charge on any atom is -0.726 e. The van der Waals surface area contributed by atoms with E-state index in [1.165, 1.54) is 193 Å². The fourth-order valence-corrected chi connectivity index (χ4v) is 6.81. The van der Waals surface area contributed by atoms with E-state index in [1.54, 1.807) is 0 Å². The molecule has 260 valence electrons. The van der Waals surface area contributed by atoms with Gasteiger partial charge in [0.1, 0.15) is 0 Å². The van der Waals surface area contributed by atoms with E-state index in [4.69, 9.17) is 0 Å². The van der Waals surface area contributed by atoms with Gasteiger partial charge in [0.05, 0.1) is 6.61 Å². The second kappa shape index (κ2) is 38.9. The van der Waals surface area contributed by atoms with Gasteiger partial charge in [-0.1, -0.05) is 219 Å². The third-order valence-electron chi connectivity index (χ3n) is 9.38. The Morgan fingerprint density at radius 2 is 0.614 bits per heavy atom. The van der Waals surface area contributed by atoms with Crippen LogP contribution in [0.15, 0.2) is 0 Å². The van der Waals surface area contributed by atoms with E-state index in [-0.39, 0.29) is 63.9 Å². The van der Waals surface area contributed by atoms with Crippen molar-refractivity contribution in [1.82, 2.24) is 0 Å². The predicted molar refractivity (Wildman–Crippen MR) is 187 cm³/mol. The van der Waals surface area contributed by atoms with E-state index < -0.39 is 10.4 Å². The summed E-state index contributed by atoms with van der Waals surface area (Å²) in [4.78, 5) is 0. The maximum Gasteiger partial charge on any atom is 1.00 e. The zero-order valence-electron chi connectivity index (χ0n) is 30.4. The van der Waals surface area contributed by atoms with Crippen molar-refractivity contribution in [2.75, 3.05) is 6.61 Å². The molecule has 0 N–H and O–H groups in total. The van der Waals surface area contributed by atoms with Crippen molar-refractivity contribution in [3.05, 3.63) is 0 Å². The third-order valence-corrected chi connectivity index (χ3v) is 9.80. The van der Waals surface area contributed by atoms with Crippen LogP contribution in [0.25, 0.3) is 0 Å². The fourth-order valence-electron chi connectivity index (χ4n) is 6.45. The van der Waals surface area contributed by atoms with Gasteiger partial charge in [-0.05, 0) is 18.8 Å². The van der Waals surface area contributed by atoms with Crippen molar-refractivity contribution in [1.29, 1.82) is 0 Å². The zero-order valence-corrected chi connectivity index (χ0v) is 34.3. The van der Waals surface area contributed by atoms with Crippen molar-refractivity contribution in [3.8, 4) is 0 Å².